The van der Waals surface area contributed by atoms with Crippen LogP contribution in [0.25, 0.3) is 11.8 Å². The predicted octanol–water partition coefficient (Wildman–Crippen LogP) is 3.70. The van der Waals surface area contributed by atoms with Gasteiger partial charge in [0.2, 0.25) is 0 Å². The van der Waals surface area contributed by atoms with Crippen LogP contribution >= 0.6 is 0 Å². The van der Waals surface area contributed by atoms with Gasteiger partial charge in [0, 0.05) is 30.2 Å². The van der Waals surface area contributed by atoms with E-state index in [1.54, 1.807) is 6.08 Å². The maximum atomic E-state index is 12.4. The van der Waals surface area contributed by atoms with Gasteiger partial charge < -0.3 is 19.4 Å². The van der Waals surface area contributed by atoms with Crippen molar-refractivity contribution in [2.75, 3.05) is 19.8 Å². The maximum Gasteiger partial charge on any atom is 0.262 e. The Balaban J connectivity index is 1.80. The second-order valence-electron chi connectivity index (χ2n) is 7.10. The van der Waals surface area contributed by atoms with Crippen molar-refractivity contribution >= 4 is 12.0 Å². The number of benzene rings is 1. The summed E-state index contributed by atoms with van der Waals surface area (Å²) in [5.41, 5.74) is 3.93. The van der Waals surface area contributed by atoms with Crippen LogP contribution in [0.1, 0.15) is 36.7 Å². The number of amides is 1. The number of carbonyl (C=O) groups excluding carboxylic acids is 1. The van der Waals surface area contributed by atoms with Gasteiger partial charge in [-0.25, -0.2) is 0 Å². The van der Waals surface area contributed by atoms with Gasteiger partial charge in [-0.05, 0) is 75.6 Å². The Morgan fingerprint density at radius 1 is 1.38 bits per heavy atom. The van der Waals surface area contributed by atoms with E-state index in [0.29, 0.717) is 13.2 Å². The van der Waals surface area contributed by atoms with Crippen molar-refractivity contribution in [1.82, 2.24) is 9.88 Å². The van der Waals surface area contributed by atoms with Crippen LogP contribution in [0, 0.1) is 25.2 Å². The number of carbonyl (C=O) groups is 1. The molecule has 1 aromatic carbocycles. The second kappa shape index (κ2) is 9.44. The van der Waals surface area contributed by atoms with E-state index in [1.165, 1.54) is 0 Å². The lowest BCUT2D eigenvalue weighted by Crippen LogP contribution is -2.32. The monoisotopic (exact) mass is 393 g/mol. The van der Waals surface area contributed by atoms with Crippen molar-refractivity contribution < 1.29 is 14.3 Å². The third kappa shape index (κ3) is 4.87. The van der Waals surface area contributed by atoms with Gasteiger partial charge in [-0.1, -0.05) is 0 Å². The molecule has 1 amide bonds. The summed E-state index contributed by atoms with van der Waals surface area (Å²) < 4.78 is 13.1. The van der Waals surface area contributed by atoms with Gasteiger partial charge >= 0.3 is 0 Å². The molecule has 1 atom stereocenters. The van der Waals surface area contributed by atoms with Crippen LogP contribution in [0.15, 0.2) is 35.9 Å². The van der Waals surface area contributed by atoms with Crippen molar-refractivity contribution in [3.05, 3.63) is 52.9 Å². The summed E-state index contributed by atoms with van der Waals surface area (Å²) in [4.78, 5) is 12.4. The third-order valence-corrected chi connectivity index (χ3v) is 5.06. The molecule has 3 rings (SSSR count). The highest BCUT2D eigenvalue weighted by atomic mass is 16.5. The number of nitrogens with one attached hydrogen (secondary N) is 1. The predicted molar refractivity (Wildman–Crippen MR) is 112 cm³/mol. The lowest BCUT2D eigenvalue weighted by Gasteiger charge is -2.11. The number of aryl methyl sites for hydroxylation is 1. The molecule has 29 heavy (non-hydrogen) atoms. The number of ether oxygens (including phenoxy) is 2. The molecule has 6 nitrogen and oxygen atoms in total. The normalized spacial score (nSPS) is 16.5. The van der Waals surface area contributed by atoms with Gasteiger partial charge in [0.05, 0.1) is 12.7 Å². The molecule has 0 unspecified atom stereocenters. The largest absolute Gasteiger partial charge is 0.494 e. The first-order valence-electron chi connectivity index (χ1n) is 9.97. The van der Waals surface area contributed by atoms with E-state index in [1.807, 2.05) is 57.2 Å². The number of nitriles is 1. The summed E-state index contributed by atoms with van der Waals surface area (Å²) in [6.45, 7) is 7.74. The fourth-order valence-electron chi connectivity index (χ4n) is 3.60. The first-order chi connectivity index (χ1) is 14.0. The van der Waals surface area contributed by atoms with Crippen molar-refractivity contribution in [2.24, 2.45) is 0 Å². The first-order valence-corrected chi connectivity index (χ1v) is 9.97. The molecule has 0 saturated carbocycles. The van der Waals surface area contributed by atoms with E-state index in [9.17, 15) is 10.1 Å². The molecule has 0 aliphatic carbocycles. The summed E-state index contributed by atoms with van der Waals surface area (Å²) in [7, 11) is 0. The fourth-order valence-corrected chi connectivity index (χ4v) is 3.60. The Hall–Kier alpha value is -3.04. The minimum absolute atomic E-state index is 0.0450. The molecule has 1 saturated heterocycles. The van der Waals surface area contributed by atoms with Gasteiger partial charge in [-0.3, -0.25) is 4.79 Å². The Labute approximate surface area is 171 Å². The molecular weight excluding hydrogens is 366 g/mol. The molecular formula is C23H27N3O3. The SMILES string of the molecule is CCOc1ccc(-n2c(C)cc(/C=C(\C#N)C(=O)NC[C@H]3CCCO3)c2C)cc1. The topological polar surface area (TPSA) is 76.3 Å². The maximum absolute atomic E-state index is 12.4. The number of hydrogen-bond donors (Lipinski definition) is 1. The van der Waals surface area contributed by atoms with Gasteiger partial charge in [-0.2, -0.15) is 5.26 Å². The van der Waals surface area contributed by atoms with Crippen LogP contribution < -0.4 is 10.1 Å². The number of aromatic nitrogens is 1. The van der Waals surface area contributed by atoms with Crippen LogP contribution in [-0.2, 0) is 9.53 Å². The highest BCUT2D eigenvalue weighted by molar-refractivity contribution is 6.01. The van der Waals surface area contributed by atoms with Crippen LogP contribution in [0.3, 0.4) is 0 Å². The Morgan fingerprint density at radius 3 is 2.76 bits per heavy atom. The molecule has 2 heterocycles. The summed E-state index contributed by atoms with van der Waals surface area (Å²) in [6.07, 6.45) is 3.65. The Bertz CT molecular complexity index is 930. The molecule has 0 radical (unpaired) electrons. The van der Waals surface area contributed by atoms with E-state index < -0.39 is 0 Å². The molecule has 1 aliphatic heterocycles. The molecule has 152 valence electrons. The molecule has 2 aromatic rings. The lowest BCUT2D eigenvalue weighted by atomic mass is 10.1. The van der Waals surface area contributed by atoms with E-state index in [4.69, 9.17) is 9.47 Å². The average molecular weight is 393 g/mol. The van der Waals surface area contributed by atoms with Crippen molar-refractivity contribution in [2.45, 2.75) is 39.7 Å². The number of hydrogen-bond acceptors (Lipinski definition) is 4. The second-order valence-corrected chi connectivity index (χ2v) is 7.10. The third-order valence-electron chi connectivity index (χ3n) is 5.06. The summed E-state index contributed by atoms with van der Waals surface area (Å²) in [6, 6.07) is 11.9. The molecule has 6 heteroatoms. The standard InChI is InChI=1S/C23H27N3O3/c1-4-28-21-9-7-20(8-10-21)26-16(2)12-18(17(26)3)13-19(14-24)23(27)25-15-22-6-5-11-29-22/h7-10,12-13,22H,4-6,11,15H2,1-3H3,(H,25,27)/b19-13+/t22-/m1/s1. The van der Waals surface area contributed by atoms with Gasteiger partial charge in [-0.15, -0.1) is 0 Å². The van der Waals surface area contributed by atoms with Crippen LogP contribution in [-0.4, -0.2) is 36.3 Å². The van der Waals surface area contributed by atoms with Crippen LogP contribution in [0.4, 0.5) is 0 Å². The van der Waals surface area contributed by atoms with E-state index in [2.05, 4.69) is 9.88 Å². The van der Waals surface area contributed by atoms with Crippen molar-refractivity contribution in [1.29, 1.82) is 5.26 Å². The van der Waals surface area contributed by atoms with Gasteiger partial charge in [0.1, 0.15) is 17.4 Å². The van der Waals surface area contributed by atoms with Gasteiger partial charge in [0.25, 0.3) is 5.91 Å². The average Bonchev–Trinajstić information content (AvgIpc) is 3.33. The smallest absolute Gasteiger partial charge is 0.262 e. The zero-order valence-electron chi connectivity index (χ0n) is 17.2. The molecule has 1 aromatic heterocycles. The number of rotatable bonds is 7. The van der Waals surface area contributed by atoms with E-state index in [-0.39, 0.29) is 17.6 Å². The minimum Gasteiger partial charge on any atom is -0.494 e. The molecule has 1 aliphatic rings. The summed E-state index contributed by atoms with van der Waals surface area (Å²) >= 11 is 0. The van der Waals surface area contributed by atoms with Crippen LogP contribution in [0.5, 0.6) is 5.75 Å². The zero-order chi connectivity index (χ0) is 20.8. The van der Waals surface area contributed by atoms with Crippen LogP contribution in [0.2, 0.25) is 0 Å². The van der Waals surface area contributed by atoms with E-state index in [0.717, 1.165) is 47.8 Å². The lowest BCUT2D eigenvalue weighted by molar-refractivity contribution is -0.117. The molecule has 0 bridgehead atoms. The first kappa shape index (κ1) is 20.7. The van der Waals surface area contributed by atoms with E-state index >= 15 is 0 Å². The summed E-state index contributed by atoms with van der Waals surface area (Å²) in [5.74, 6) is 0.461. The van der Waals surface area contributed by atoms with Crippen molar-refractivity contribution in [3.8, 4) is 17.5 Å². The van der Waals surface area contributed by atoms with Crippen molar-refractivity contribution in [3.63, 3.8) is 0 Å². The fraction of sp³-hybridized carbons (Fsp3) is 0.391. The zero-order valence-corrected chi connectivity index (χ0v) is 17.2. The Morgan fingerprint density at radius 2 is 2.14 bits per heavy atom. The molecule has 1 N–H and O–H groups in total. The Kier molecular flexibility index (Phi) is 6.73. The quantitative estimate of drug-likeness (QED) is 0.575. The molecule has 0 spiro atoms. The summed E-state index contributed by atoms with van der Waals surface area (Å²) in [5, 5.41) is 12.3. The highest BCUT2D eigenvalue weighted by Gasteiger charge is 2.18. The van der Waals surface area contributed by atoms with Gasteiger partial charge in [0.15, 0.2) is 0 Å². The number of nitrogens with zero attached hydrogens (tertiary/aromatic N) is 2. The molecule has 1 fully saturated rings. The highest BCUT2D eigenvalue weighted by Crippen LogP contribution is 2.24. The minimum atomic E-state index is -0.367.